The van der Waals surface area contributed by atoms with Gasteiger partial charge in [0.15, 0.2) is 11.5 Å². The van der Waals surface area contributed by atoms with Crippen molar-refractivity contribution in [2.75, 3.05) is 52.4 Å². The lowest BCUT2D eigenvalue weighted by Crippen LogP contribution is -2.46. The van der Waals surface area contributed by atoms with Crippen LogP contribution in [-0.4, -0.2) is 62.5 Å². The molecule has 0 N–H and O–H groups in total. The fraction of sp³-hybridized carbons (Fsp3) is 0.364. The Balaban J connectivity index is 1.37. The predicted octanol–water partition coefficient (Wildman–Crippen LogP) is 3.08. The molecule has 1 aliphatic heterocycles. The fourth-order valence-corrected chi connectivity index (χ4v) is 3.57. The van der Waals surface area contributed by atoms with Crippen LogP contribution in [0.2, 0.25) is 0 Å². The van der Waals surface area contributed by atoms with E-state index in [1.54, 1.807) is 21.3 Å². The normalized spacial score (nSPS) is 14.6. The van der Waals surface area contributed by atoms with Crippen molar-refractivity contribution in [2.24, 2.45) is 0 Å². The Morgan fingerprint density at radius 1 is 0.900 bits per heavy atom. The van der Waals surface area contributed by atoms with Gasteiger partial charge in [-0.15, -0.1) is 0 Å². The van der Waals surface area contributed by atoms with E-state index in [9.17, 15) is 0 Å². The first-order chi connectivity index (χ1) is 14.7. The first-order valence-electron chi connectivity index (χ1n) is 9.86. The highest BCUT2D eigenvalue weighted by Crippen LogP contribution is 2.31. The van der Waals surface area contributed by atoms with Crippen molar-refractivity contribution in [3.63, 3.8) is 0 Å². The Bertz CT molecular complexity index is 983. The summed E-state index contributed by atoms with van der Waals surface area (Å²) in [5.74, 6) is 3.33. The summed E-state index contributed by atoms with van der Waals surface area (Å²) in [6.07, 6.45) is 0. The van der Waals surface area contributed by atoms with E-state index in [2.05, 4.69) is 32.1 Å². The van der Waals surface area contributed by atoms with Gasteiger partial charge in [-0.2, -0.15) is 4.98 Å². The van der Waals surface area contributed by atoms with Crippen LogP contribution in [-0.2, 0) is 6.54 Å². The van der Waals surface area contributed by atoms with Gasteiger partial charge in [0.2, 0.25) is 11.7 Å². The van der Waals surface area contributed by atoms with Gasteiger partial charge in [0, 0.05) is 43.5 Å². The minimum Gasteiger partial charge on any atom is -0.497 e. The average Bonchev–Trinajstić information content (AvgIpc) is 3.27. The summed E-state index contributed by atoms with van der Waals surface area (Å²) >= 11 is 0. The third kappa shape index (κ3) is 4.33. The van der Waals surface area contributed by atoms with Crippen molar-refractivity contribution in [3.05, 3.63) is 48.4 Å². The second-order valence-electron chi connectivity index (χ2n) is 7.05. The van der Waals surface area contributed by atoms with Crippen LogP contribution in [0.3, 0.4) is 0 Å². The molecule has 2 heterocycles. The van der Waals surface area contributed by atoms with Crippen molar-refractivity contribution < 1.29 is 18.7 Å². The standard InChI is InChI=1S/C22H26N4O4/c1-27-18-6-4-5-17(14-18)26-11-9-25(10-12-26)15-21-23-22(24-30-21)16-7-8-19(28-2)20(13-16)29-3/h4-8,13-14H,9-12,15H2,1-3H3. The van der Waals surface area contributed by atoms with E-state index >= 15 is 0 Å². The molecule has 0 radical (unpaired) electrons. The molecule has 0 spiro atoms. The molecule has 0 amide bonds. The second kappa shape index (κ2) is 9.04. The van der Waals surface area contributed by atoms with E-state index in [1.807, 2.05) is 30.3 Å². The van der Waals surface area contributed by atoms with E-state index in [-0.39, 0.29) is 0 Å². The molecule has 30 heavy (non-hydrogen) atoms. The monoisotopic (exact) mass is 410 g/mol. The molecule has 0 saturated carbocycles. The van der Waals surface area contributed by atoms with Gasteiger partial charge in [-0.1, -0.05) is 11.2 Å². The molecule has 4 rings (SSSR count). The molecule has 0 aliphatic carbocycles. The van der Waals surface area contributed by atoms with Crippen molar-refractivity contribution in [1.82, 2.24) is 15.0 Å². The van der Waals surface area contributed by atoms with Crippen LogP contribution in [0.5, 0.6) is 17.2 Å². The molecule has 1 aromatic heterocycles. The summed E-state index contributed by atoms with van der Waals surface area (Å²) in [4.78, 5) is 9.24. The Hall–Kier alpha value is -3.26. The molecular formula is C22H26N4O4. The third-order valence-corrected chi connectivity index (χ3v) is 5.26. The van der Waals surface area contributed by atoms with Crippen LogP contribution < -0.4 is 19.1 Å². The van der Waals surface area contributed by atoms with Crippen LogP contribution >= 0.6 is 0 Å². The number of ether oxygens (including phenoxy) is 3. The molecule has 0 bridgehead atoms. The summed E-state index contributed by atoms with van der Waals surface area (Å²) in [5.41, 5.74) is 2.01. The van der Waals surface area contributed by atoms with Crippen molar-refractivity contribution >= 4 is 5.69 Å². The lowest BCUT2D eigenvalue weighted by molar-refractivity contribution is 0.215. The minimum atomic E-state index is 0.543. The Labute approximate surface area is 176 Å². The summed E-state index contributed by atoms with van der Waals surface area (Å²) < 4.78 is 21.5. The van der Waals surface area contributed by atoms with Gasteiger partial charge in [-0.3, -0.25) is 4.90 Å². The van der Waals surface area contributed by atoms with Crippen molar-refractivity contribution in [1.29, 1.82) is 0 Å². The summed E-state index contributed by atoms with van der Waals surface area (Å²) in [6.45, 7) is 4.34. The average molecular weight is 410 g/mol. The van der Waals surface area contributed by atoms with E-state index < -0.39 is 0 Å². The number of aromatic nitrogens is 2. The van der Waals surface area contributed by atoms with Crippen LogP contribution in [0.1, 0.15) is 5.89 Å². The predicted molar refractivity (Wildman–Crippen MR) is 113 cm³/mol. The van der Waals surface area contributed by atoms with Crippen LogP contribution in [0.15, 0.2) is 47.0 Å². The quantitative estimate of drug-likeness (QED) is 0.588. The summed E-state index contributed by atoms with van der Waals surface area (Å²) in [5, 5.41) is 4.13. The van der Waals surface area contributed by atoms with Gasteiger partial charge >= 0.3 is 0 Å². The topological polar surface area (TPSA) is 73.1 Å². The second-order valence-corrected chi connectivity index (χ2v) is 7.05. The zero-order valence-corrected chi connectivity index (χ0v) is 17.5. The Morgan fingerprint density at radius 3 is 2.43 bits per heavy atom. The van der Waals surface area contributed by atoms with Gasteiger partial charge in [-0.25, -0.2) is 0 Å². The maximum Gasteiger partial charge on any atom is 0.241 e. The van der Waals surface area contributed by atoms with Crippen molar-refractivity contribution in [2.45, 2.75) is 6.54 Å². The fourth-order valence-electron chi connectivity index (χ4n) is 3.57. The number of piperazine rings is 1. The number of anilines is 1. The van der Waals surface area contributed by atoms with E-state index in [0.29, 0.717) is 29.8 Å². The largest absolute Gasteiger partial charge is 0.497 e. The molecule has 158 valence electrons. The number of nitrogens with zero attached hydrogens (tertiary/aromatic N) is 4. The highest BCUT2D eigenvalue weighted by atomic mass is 16.5. The molecule has 0 unspecified atom stereocenters. The highest BCUT2D eigenvalue weighted by molar-refractivity contribution is 5.60. The maximum absolute atomic E-state index is 5.49. The van der Waals surface area contributed by atoms with Gasteiger partial charge in [0.05, 0.1) is 27.9 Å². The molecule has 3 aromatic rings. The summed E-state index contributed by atoms with van der Waals surface area (Å²) in [6, 6.07) is 13.7. The zero-order valence-electron chi connectivity index (χ0n) is 17.5. The van der Waals surface area contributed by atoms with Crippen molar-refractivity contribution in [3.8, 4) is 28.6 Å². The summed E-state index contributed by atoms with van der Waals surface area (Å²) in [7, 11) is 4.91. The number of hydrogen-bond acceptors (Lipinski definition) is 8. The molecule has 8 nitrogen and oxygen atoms in total. The van der Waals surface area contributed by atoms with Gasteiger partial charge in [-0.05, 0) is 30.3 Å². The van der Waals surface area contributed by atoms with Crippen LogP contribution in [0.4, 0.5) is 5.69 Å². The number of benzene rings is 2. The van der Waals surface area contributed by atoms with Crippen LogP contribution in [0, 0.1) is 0 Å². The molecule has 2 aromatic carbocycles. The maximum atomic E-state index is 5.49. The molecule has 0 atom stereocenters. The molecular weight excluding hydrogens is 384 g/mol. The van der Waals surface area contributed by atoms with E-state index in [4.69, 9.17) is 18.7 Å². The zero-order chi connectivity index (χ0) is 20.9. The minimum absolute atomic E-state index is 0.543. The Kier molecular flexibility index (Phi) is 6.04. The smallest absolute Gasteiger partial charge is 0.241 e. The number of hydrogen-bond donors (Lipinski definition) is 0. The van der Waals surface area contributed by atoms with Crippen LogP contribution in [0.25, 0.3) is 11.4 Å². The highest BCUT2D eigenvalue weighted by Gasteiger charge is 2.20. The molecule has 1 aliphatic rings. The first-order valence-corrected chi connectivity index (χ1v) is 9.86. The number of methoxy groups -OCH3 is 3. The third-order valence-electron chi connectivity index (χ3n) is 5.26. The molecule has 1 fully saturated rings. The lowest BCUT2D eigenvalue weighted by Gasteiger charge is -2.35. The Morgan fingerprint density at radius 2 is 1.70 bits per heavy atom. The molecule has 8 heteroatoms. The van der Waals surface area contributed by atoms with E-state index in [0.717, 1.165) is 37.5 Å². The van der Waals surface area contributed by atoms with Gasteiger partial charge in [0.1, 0.15) is 5.75 Å². The SMILES string of the molecule is COc1cccc(N2CCN(Cc3nc(-c4ccc(OC)c(OC)c4)no3)CC2)c1. The van der Waals surface area contributed by atoms with E-state index in [1.165, 1.54) is 5.69 Å². The molecule has 1 saturated heterocycles. The lowest BCUT2D eigenvalue weighted by atomic mass is 10.2. The van der Waals surface area contributed by atoms with Gasteiger partial charge in [0.25, 0.3) is 0 Å². The van der Waals surface area contributed by atoms with Gasteiger partial charge < -0.3 is 23.6 Å². The number of rotatable bonds is 7. The first kappa shape index (κ1) is 20.0.